The Labute approximate surface area is 117 Å². The van der Waals surface area contributed by atoms with Crippen LogP contribution in [0, 0.1) is 11.8 Å². The molecule has 0 amide bonds. The molecule has 2 aliphatic carbocycles. The van der Waals surface area contributed by atoms with Crippen molar-refractivity contribution in [3.63, 3.8) is 0 Å². The van der Waals surface area contributed by atoms with E-state index in [1.807, 2.05) is 6.08 Å². The number of carbonyl (C=O) groups is 1. The largest absolute Gasteiger partial charge is 0.478 e. The summed E-state index contributed by atoms with van der Waals surface area (Å²) in [7, 11) is 0. The van der Waals surface area contributed by atoms with Crippen molar-refractivity contribution in [3.8, 4) is 0 Å². The molecule has 0 radical (unpaired) electrons. The van der Waals surface area contributed by atoms with Gasteiger partial charge in [-0.25, -0.2) is 4.79 Å². The van der Waals surface area contributed by atoms with Crippen LogP contribution < -0.4 is 0 Å². The van der Waals surface area contributed by atoms with Gasteiger partial charge in [0.05, 0.1) is 17.8 Å². The number of carboxylic acid groups (broad SMARTS) is 1. The van der Waals surface area contributed by atoms with Gasteiger partial charge in [0.25, 0.3) is 0 Å². The van der Waals surface area contributed by atoms with E-state index in [1.165, 1.54) is 6.08 Å². The molecule has 0 saturated heterocycles. The van der Waals surface area contributed by atoms with Crippen molar-refractivity contribution in [2.75, 3.05) is 0 Å². The maximum atomic E-state index is 11.1. The molecule has 5 heteroatoms. The van der Waals surface area contributed by atoms with Crippen LogP contribution >= 0.6 is 0 Å². The van der Waals surface area contributed by atoms with E-state index in [0.717, 1.165) is 5.57 Å². The summed E-state index contributed by atoms with van der Waals surface area (Å²) in [5.74, 6) is -2.93. The second-order valence-electron chi connectivity index (χ2n) is 5.74. The zero-order chi connectivity index (χ0) is 15.2. The summed E-state index contributed by atoms with van der Waals surface area (Å²) in [4.78, 5) is 11.1. The highest BCUT2D eigenvalue weighted by atomic mass is 16.4. The fraction of sp³-hybridized carbons (Fsp3) is 0.533. The average molecular weight is 280 g/mol. The molecule has 110 valence electrons. The molecule has 2 aliphatic rings. The van der Waals surface area contributed by atoms with Gasteiger partial charge in [0.15, 0.2) is 0 Å². The summed E-state index contributed by atoms with van der Waals surface area (Å²) in [5.41, 5.74) is -0.177. The van der Waals surface area contributed by atoms with Crippen LogP contribution in [0.15, 0.2) is 35.5 Å². The topological polar surface area (TPSA) is 98.0 Å². The van der Waals surface area contributed by atoms with Gasteiger partial charge in [0.2, 0.25) is 0 Å². The van der Waals surface area contributed by atoms with E-state index in [4.69, 9.17) is 5.11 Å². The van der Waals surface area contributed by atoms with E-state index in [-0.39, 0.29) is 5.57 Å². The predicted octanol–water partition coefficient (Wildman–Crippen LogP) is 0.622. The Balaban J connectivity index is 2.51. The monoisotopic (exact) mass is 280 g/mol. The van der Waals surface area contributed by atoms with Crippen LogP contribution in [-0.2, 0) is 4.79 Å². The molecule has 0 saturated carbocycles. The summed E-state index contributed by atoms with van der Waals surface area (Å²) in [5, 5.41) is 40.6. The number of hydrogen-bond acceptors (Lipinski definition) is 4. The third kappa shape index (κ3) is 2.02. The quantitative estimate of drug-likeness (QED) is 0.439. The van der Waals surface area contributed by atoms with Gasteiger partial charge in [-0.1, -0.05) is 24.3 Å². The van der Waals surface area contributed by atoms with Crippen LogP contribution in [0.2, 0.25) is 0 Å². The molecule has 0 aliphatic heterocycles. The van der Waals surface area contributed by atoms with Gasteiger partial charge >= 0.3 is 5.97 Å². The Hall–Kier alpha value is -1.43. The highest BCUT2D eigenvalue weighted by Crippen LogP contribution is 2.47. The zero-order valence-electron chi connectivity index (χ0n) is 11.6. The first kappa shape index (κ1) is 15.0. The Morgan fingerprint density at radius 2 is 2.00 bits per heavy atom. The van der Waals surface area contributed by atoms with Crippen LogP contribution in [0.4, 0.5) is 0 Å². The van der Waals surface area contributed by atoms with Crippen molar-refractivity contribution >= 4 is 5.97 Å². The maximum absolute atomic E-state index is 11.1. The SMILES string of the molecule is C=C(C(=O)O)[C@H]1[C@H](O)[C@H]2C(C)=CC[C@@]2(O)C(C)=C[C@@H]1O. The molecule has 0 unspecified atom stereocenters. The van der Waals surface area contributed by atoms with E-state index in [0.29, 0.717) is 12.0 Å². The van der Waals surface area contributed by atoms with Crippen molar-refractivity contribution in [1.29, 1.82) is 0 Å². The van der Waals surface area contributed by atoms with E-state index in [9.17, 15) is 20.1 Å². The Morgan fingerprint density at radius 1 is 1.40 bits per heavy atom. The minimum absolute atomic E-state index is 0.252. The molecule has 20 heavy (non-hydrogen) atoms. The van der Waals surface area contributed by atoms with Crippen molar-refractivity contribution in [2.45, 2.75) is 38.1 Å². The summed E-state index contributed by atoms with van der Waals surface area (Å²) >= 11 is 0. The third-order valence-corrected chi connectivity index (χ3v) is 4.60. The lowest BCUT2D eigenvalue weighted by atomic mass is 9.75. The Bertz CT molecular complexity index is 518. The Morgan fingerprint density at radius 3 is 2.55 bits per heavy atom. The number of aliphatic hydroxyl groups excluding tert-OH is 2. The van der Waals surface area contributed by atoms with Crippen LogP contribution in [-0.4, -0.2) is 44.2 Å². The molecule has 5 atom stereocenters. The number of fused-ring (bicyclic) bond motifs is 1. The van der Waals surface area contributed by atoms with Crippen LogP contribution in [0.1, 0.15) is 20.3 Å². The van der Waals surface area contributed by atoms with E-state index >= 15 is 0 Å². The Kier molecular flexibility index (Phi) is 3.62. The average Bonchev–Trinajstić information content (AvgIpc) is 2.62. The molecule has 0 spiro atoms. The normalized spacial score (nSPS) is 40.5. The van der Waals surface area contributed by atoms with Crippen molar-refractivity contribution in [2.24, 2.45) is 11.8 Å². The number of carboxylic acids is 1. The lowest BCUT2D eigenvalue weighted by molar-refractivity contribution is -0.135. The van der Waals surface area contributed by atoms with E-state index < -0.39 is 35.6 Å². The van der Waals surface area contributed by atoms with Crippen molar-refractivity contribution < 1.29 is 25.2 Å². The van der Waals surface area contributed by atoms with Gasteiger partial charge < -0.3 is 20.4 Å². The molecule has 4 N–H and O–H groups in total. The van der Waals surface area contributed by atoms with Crippen LogP contribution in [0.5, 0.6) is 0 Å². The molecule has 0 aromatic rings. The molecule has 0 fully saturated rings. The number of aliphatic hydroxyl groups is 3. The van der Waals surface area contributed by atoms with Crippen molar-refractivity contribution in [1.82, 2.24) is 0 Å². The first-order chi connectivity index (χ1) is 9.20. The lowest BCUT2D eigenvalue weighted by Gasteiger charge is -2.36. The molecule has 0 heterocycles. The number of hydrogen-bond donors (Lipinski definition) is 4. The minimum Gasteiger partial charge on any atom is -0.478 e. The maximum Gasteiger partial charge on any atom is 0.331 e. The van der Waals surface area contributed by atoms with E-state index in [1.54, 1.807) is 13.8 Å². The highest BCUT2D eigenvalue weighted by Gasteiger charge is 2.52. The van der Waals surface area contributed by atoms with Crippen LogP contribution in [0.3, 0.4) is 0 Å². The van der Waals surface area contributed by atoms with Gasteiger partial charge in [-0.3, -0.25) is 0 Å². The lowest BCUT2D eigenvalue weighted by Crippen LogP contribution is -2.46. The van der Waals surface area contributed by atoms with Gasteiger partial charge in [-0.05, 0) is 25.8 Å². The smallest absolute Gasteiger partial charge is 0.331 e. The van der Waals surface area contributed by atoms with Gasteiger partial charge in [0.1, 0.15) is 0 Å². The van der Waals surface area contributed by atoms with Gasteiger partial charge in [-0.2, -0.15) is 0 Å². The van der Waals surface area contributed by atoms with Crippen LogP contribution in [0.25, 0.3) is 0 Å². The molecular weight excluding hydrogens is 260 g/mol. The second kappa shape index (κ2) is 4.84. The molecule has 5 nitrogen and oxygen atoms in total. The molecule has 2 rings (SSSR count). The molecule has 0 bridgehead atoms. The fourth-order valence-corrected chi connectivity index (χ4v) is 3.37. The van der Waals surface area contributed by atoms with Gasteiger partial charge in [-0.15, -0.1) is 0 Å². The first-order valence-corrected chi connectivity index (χ1v) is 6.56. The summed E-state index contributed by atoms with van der Waals surface area (Å²) in [6.45, 7) is 6.93. The third-order valence-electron chi connectivity index (χ3n) is 4.60. The standard InChI is InChI=1S/C15H20O5/c1-7-4-5-15(20)8(2)6-10(16)11(9(3)14(18)19)13(17)12(7)15/h4,6,10-13,16-17,20H,3,5H2,1-2H3,(H,18,19)/t10-,11+,12+,13-,15+/m0/s1. The fourth-order valence-electron chi connectivity index (χ4n) is 3.37. The second-order valence-corrected chi connectivity index (χ2v) is 5.74. The summed E-state index contributed by atoms with van der Waals surface area (Å²) < 4.78 is 0. The summed E-state index contributed by atoms with van der Waals surface area (Å²) in [6, 6.07) is 0. The van der Waals surface area contributed by atoms with E-state index in [2.05, 4.69) is 6.58 Å². The zero-order valence-corrected chi connectivity index (χ0v) is 11.6. The number of rotatable bonds is 2. The van der Waals surface area contributed by atoms with Gasteiger partial charge in [0, 0.05) is 17.4 Å². The number of aliphatic carboxylic acids is 1. The summed E-state index contributed by atoms with van der Waals surface area (Å²) in [6.07, 6.45) is 1.22. The van der Waals surface area contributed by atoms with Crippen molar-refractivity contribution in [3.05, 3.63) is 35.5 Å². The first-order valence-electron chi connectivity index (χ1n) is 6.56. The minimum atomic E-state index is -1.27. The molecular formula is C15H20O5. The predicted molar refractivity (Wildman–Crippen MR) is 72.9 cm³/mol. The molecule has 0 aromatic carbocycles. The highest BCUT2D eigenvalue weighted by molar-refractivity contribution is 5.86. The molecule has 0 aromatic heterocycles.